The molecule has 2 unspecified atom stereocenters. The average molecular weight is 227 g/mol. The predicted molar refractivity (Wildman–Crippen MR) is 61.1 cm³/mol. The van der Waals surface area contributed by atoms with E-state index in [2.05, 4.69) is 10.3 Å². The van der Waals surface area contributed by atoms with E-state index in [0.29, 0.717) is 5.15 Å². The van der Waals surface area contributed by atoms with Gasteiger partial charge >= 0.3 is 0 Å². The van der Waals surface area contributed by atoms with Gasteiger partial charge in [-0.15, -0.1) is 0 Å². The maximum atomic E-state index is 9.60. The lowest BCUT2D eigenvalue weighted by molar-refractivity contribution is -0.0510. The van der Waals surface area contributed by atoms with Crippen LogP contribution in [-0.2, 0) is 0 Å². The number of hydrogen-bond acceptors (Lipinski definition) is 3. The van der Waals surface area contributed by atoms with Crippen LogP contribution >= 0.6 is 11.6 Å². The summed E-state index contributed by atoms with van der Waals surface area (Å²) in [5.74, 6) is 0. The molecule has 0 spiro atoms. The van der Waals surface area contributed by atoms with Crippen molar-refractivity contribution < 1.29 is 5.11 Å². The Morgan fingerprint density at radius 1 is 1.60 bits per heavy atom. The normalized spacial score (nSPS) is 28.3. The van der Waals surface area contributed by atoms with Gasteiger partial charge in [-0.3, -0.25) is 0 Å². The molecule has 1 fully saturated rings. The molecular weight excluding hydrogens is 212 g/mol. The number of rotatable bonds is 2. The lowest BCUT2D eigenvalue weighted by atomic mass is 9.64. The Morgan fingerprint density at radius 3 is 2.87 bits per heavy atom. The third-order valence-electron chi connectivity index (χ3n) is 3.30. The Hall–Kier alpha value is -0.800. The molecule has 2 atom stereocenters. The second-order valence-corrected chi connectivity index (χ2v) is 4.97. The minimum absolute atomic E-state index is 0.0980. The number of pyridine rings is 1. The van der Waals surface area contributed by atoms with Crippen LogP contribution < -0.4 is 5.32 Å². The topological polar surface area (TPSA) is 45.1 Å². The number of halogens is 1. The first-order valence-corrected chi connectivity index (χ1v) is 5.44. The van der Waals surface area contributed by atoms with Gasteiger partial charge in [-0.25, -0.2) is 4.98 Å². The molecule has 0 bridgehead atoms. The molecule has 0 amide bonds. The van der Waals surface area contributed by atoms with Gasteiger partial charge in [0.05, 0.1) is 11.8 Å². The van der Waals surface area contributed by atoms with Crippen LogP contribution in [-0.4, -0.2) is 22.2 Å². The molecule has 3 nitrogen and oxygen atoms in total. The Kier molecular flexibility index (Phi) is 2.61. The summed E-state index contributed by atoms with van der Waals surface area (Å²) in [6.45, 7) is 4.09. The van der Waals surface area contributed by atoms with Gasteiger partial charge in [0.1, 0.15) is 0 Å². The fourth-order valence-corrected chi connectivity index (χ4v) is 2.00. The summed E-state index contributed by atoms with van der Waals surface area (Å²) in [5, 5.41) is 13.4. The maximum absolute atomic E-state index is 9.60. The summed E-state index contributed by atoms with van der Waals surface area (Å²) in [6.07, 6.45) is 2.19. The monoisotopic (exact) mass is 226 g/mol. The standard InChI is InChI=1S/C11H15ClN2O/c1-11(2)8(6-9(11)15)14-7-4-3-5-13-10(7)12/h3-5,8-9,14-15H,6H2,1-2H3. The molecule has 82 valence electrons. The van der Waals surface area contributed by atoms with Gasteiger partial charge in [0.15, 0.2) is 5.15 Å². The Morgan fingerprint density at radius 2 is 2.33 bits per heavy atom. The van der Waals surface area contributed by atoms with Crippen LogP contribution in [0.2, 0.25) is 5.15 Å². The van der Waals surface area contributed by atoms with Gasteiger partial charge in [0.25, 0.3) is 0 Å². The SMILES string of the molecule is CC1(C)C(O)CC1Nc1cccnc1Cl. The molecule has 1 saturated carbocycles. The van der Waals surface area contributed by atoms with E-state index in [9.17, 15) is 5.11 Å². The number of anilines is 1. The Balaban J connectivity index is 2.08. The smallest absolute Gasteiger partial charge is 0.152 e. The van der Waals surface area contributed by atoms with E-state index >= 15 is 0 Å². The van der Waals surface area contributed by atoms with Crippen molar-refractivity contribution in [3.63, 3.8) is 0 Å². The number of aliphatic hydroxyl groups excluding tert-OH is 1. The molecule has 15 heavy (non-hydrogen) atoms. The largest absolute Gasteiger partial charge is 0.392 e. The summed E-state index contributed by atoms with van der Waals surface area (Å²) in [4.78, 5) is 4.00. The average Bonchev–Trinajstić information content (AvgIpc) is 2.20. The lowest BCUT2D eigenvalue weighted by Gasteiger charge is -2.49. The van der Waals surface area contributed by atoms with Crippen LogP contribution in [0, 0.1) is 5.41 Å². The van der Waals surface area contributed by atoms with Crippen LogP contribution in [0.5, 0.6) is 0 Å². The third-order valence-corrected chi connectivity index (χ3v) is 3.61. The first-order chi connectivity index (χ1) is 7.01. The second kappa shape index (κ2) is 3.65. The van der Waals surface area contributed by atoms with Crippen LogP contribution in [0.3, 0.4) is 0 Å². The molecule has 1 aromatic rings. The van der Waals surface area contributed by atoms with E-state index in [1.807, 2.05) is 26.0 Å². The lowest BCUT2D eigenvalue weighted by Crippen LogP contribution is -2.56. The summed E-state index contributed by atoms with van der Waals surface area (Å²) >= 11 is 5.94. The van der Waals surface area contributed by atoms with Crippen molar-refractivity contribution in [3.8, 4) is 0 Å². The number of aliphatic hydroxyl groups is 1. The molecule has 1 aromatic heterocycles. The van der Waals surface area contributed by atoms with Gasteiger partial charge in [-0.05, 0) is 18.6 Å². The minimum atomic E-state index is -0.231. The summed E-state index contributed by atoms with van der Waals surface area (Å²) in [7, 11) is 0. The van der Waals surface area contributed by atoms with Crippen molar-refractivity contribution in [3.05, 3.63) is 23.5 Å². The Labute approximate surface area is 94.5 Å². The molecular formula is C11H15ClN2O. The van der Waals surface area contributed by atoms with E-state index in [-0.39, 0.29) is 17.6 Å². The molecule has 1 heterocycles. The minimum Gasteiger partial charge on any atom is -0.392 e. The van der Waals surface area contributed by atoms with E-state index in [1.165, 1.54) is 0 Å². The van der Waals surface area contributed by atoms with E-state index < -0.39 is 0 Å². The van der Waals surface area contributed by atoms with Gasteiger partial charge < -0.3 is 10.4 Å². The molecule has 0 aliphatic heterocycles. The first-order valence-electron chi connectivity index (χ1n) is 5.07. The zero-order chi connectivity index (χ0) is 11.1. The zero-order valence-electron chi connectivity index (χ0n) is 8.87. The van der Waals surface area contributed by atoms with Crippen molar-refractivity contribution in [1.29, 1.82) is 0 Å². The highest BCUT2D eigenvalue weighted by Gasteiger charge is 2.47. The molecule has 0 aromatic carbocycles. The Bertz CT molecular complexity index is 367. The van der Waals surface area contributed by atoms with Gasteiger partial charge in [-0.2, -0.15) is 0 Å². The molecule has 2 rings (SSSR count). The maximum Gasteiger partial charge on any atom is 0.152 e. The molecule has 0 saturated heterocycles. The number of nitrogens with one attached hydrogen (secondary N) is 1. The zero-order valence-corrected chi connectivity index (χ0v) is 9.62. The molecule has 0 radical (unpaired) electrons. The van der Waals surface area contributed by atoms with Gasteiger partial charge in [-0.1, -0.05) is 25.4 Å². The van der Waals surface area contributed by atoms with Crippen LogP contribution in [0.25, 0.3) is 0 Å². The van der Waals surface area contributed by atoms with Crippen molar-refractivity contribution in [2.24, 2.45) is 5.41 Å². The highest BCUT2D eigenvalue weighted by molar-refractivity contribution is 6.31. The fourth-order valence-electron chi connectivity index (χ4n) is 1.83. The van der Waals surface area contributed by atoms with Crippen molar-refractivity contribution in [2.75, 3.05) is 5.32 Å². The second-order valence-electron chi connectivity index (χ2n) is 4.61. The van der Waals surface area contributed by atoms with E-state index in [1.54, 1.807) is 6.20 Å². The van der Waals surface area contributed by atoms with Crippen molar-refractivity contribution in [1.82, 2.24) is 4.98 Å². The number of nitrogens with zero attached hydrogens (tertiary/aromatic N) is 1. The van der Waals surface area contributed by atoms with Crippen LogP contribution in [0.15, 0.2) is 18.3 Å². The molecule has 4 heteroatoms. The number of aromatic nitrogens is 1. The molecule has 1 aliphatic rings. The summed E-state index contributed by atoms with van der Waals surface area (Å²) < 4.78 is 0. The molecule has 2 N–H and O–H groups in total. The molecule has 1 aliphatic carbocycles. The highest BCUT2D eigenvalue weighted by atomic mass is 35.5. The highest BCUT2D eigenvalue weighted by Crippen LogP contribution is 2.42. The van der Waals surface area contributed by atoms with Crippen LogP contribution in [0.1, 0.15) is 20.3 Å². The van der Waals surface area contributed by atoms with Gasteiger partial charge in [0.2, 0.25) is 0 Å². The van der Waals surface area contributed by atoms with Crippen LogP contribution in [0.4, 0.5) is 5.69 Å². The van der Waals surface area contributed by atoms with Gasteiger partial charge in [0, 0.05) is 17.7 Å². The summed E-state index contributed by atoms with van der Waals surface area (Å²) in [5.41, 5.74) is 0.739. The quantitative estimate of drug-likeness (QED) is 0.761. The number of hydrogen-bond donors (Lipinski definition) is 2. The van der Waals surface area contributed by atoms with E-state index in [0.717, 1.165) is 12.1 Å². The first kappa shape index (κ1) is 10.7. The third kappa shape index (κ3) is 1.82. The fraction of sp³-hybridized carbons (Fsp3) is 0.545. The predicted octanol–water partition coefficient (Wildman–Crippen LogP) is 2.31. The summed E-state index contributed by atoms with van der Waals surface area (Å²) in [6, 6.07) is 4.00. The van der Waals surface area contributed by atoms with Crippen molar-refractivity contribution in [2.45, 2.75) is 32.4 Å². The van der Waals surface area contributed by atoms with Crippen molar-refractivity contribution >= 4 is 17.3 Å². The van der Waals surface area contributed by atoms with E-state index in [4.69, 9.17) is 11.6 Å².